The largest absolute Gasteiger partial charge is 0.369 e. The number of sulfonamides is 1. The number of nitrogens with one attached hydrogen (secondary N) is 1. The highest BCUT2D eigenvalue weighted by Gasteiger charge is 2.31. The number of rotatable bonds is 5. The molecule has 1 aromatic carbocycles. The van der Waals surface area contributed by atoms with E-state index < -0.39 is 27.3 Å². The monoisotopic (exact) mass is 304 g/mol. The molecule has 0 aliphatic heterocycles. The van der Waals surface area contributed by atoms with Gasteiger partial charge in [0, 0.05) is 7.11 Å². The minimum atomic E-state index is -3.99. The third-order valence-corrected chi connectivity index (χ3v) is 4.03. The van der Waals surface area contributed by atoms with E-state index in [-0.39, 0.29) is 10.6 Å². The highest BCUT2D eigenvalue weighted by atomic mass is 32.2. The van der Waals surface area contributed by atoms with E-state index in [1.165, 1.54) is 7.11 Å². The molecule has 6 nitrogen and oxygen atoms in total. The summed E-state index contributed by atoms with van der Waals surface area (Å²) in [5, 5.41) is 7.24. The van der Waals surface area contributed by atoms with E-state index in [4.69, 9.17) is 9.88 Å². The second-order valence-corrected chi connectivity index (χ2v) is 5.99. The molecule has 1 amide bonds. The Hall–Kier alpha value is -1.51. The van der Waals surface area contributed by atoms with Crippen LogP contribution in [0.5, 0.6) is 0 Å². The van der Waals surface area contributed by atoms with E-state index in [9.17, 15) is 17.6 Å². The predicted octanol–water partition coefficient (Wildman–Crippen LogP) is 1.23. The number of nitrogens with two attached hydrogens (primary N) is 1. The van der Waals surface area contributed by atoms with Crippen LogP contribution in [0.25, 0.3) is 0 Å². The van der Waals surface area contributed by atoms with Crippen LogP contribution in [0, 0.1) is 5.82 Å². The Morgan fingerprint density at radius 1 is 1.50 bits per heavy atom. The normalized spacial score (nSPS) is 14.7. The average Bonchev–Trinajstić information content (AvgIpc) is 2.38. The van der Waals surface area contributed by atoms with Gasteiger partial charge in [-0.15, -0.1) is 0 Å². The molecule has 0 heterocycles. The third-order valence-electron chi connectivity index (χ3n) is 3.12. The van der Waals surface area contributed by atoms with Crippen LogP contribution in [0.3, 0.4) is 0 Å². The van der Waals surface area contributed by atoms with Gasteiger partial charge in [-0.2, -0.15) is 0 Å². The molecule has 0 radical (unpaired) electrons. The Labute approximate surface area is 117 Å². The minimum absolute atomic E-state index is 0.140. The number of benzene rings is 1. The van der Waals surface area contributed by atoms with E-state index in [1.807, 2.05) is 0 Å². The Morgan fingerprint density at radius 3 is 2.50 bits per heavy atom. The lowest BCUT2D eigenvalue weighted by atomic mass is 10.0. The van der Waals surface area contributed by atoms with E-state index >= 15 is 0 Å². The predicted molar refractivity (Wildman–Crippen MR) is 72.1 cm³/mol. The van der Waals surface area contributed by atoms with Crippen molar-refractivity contribution in [1.82, 2.24) is 0 Å². The van der Waals surface area contributed by atoms with Crippen molar-refractivity contribution in [3.8, 4) is 0 Å². The molecule has 0 saturated heterocycles. The highest BCUT2D eigenvalue weighted by molar-refractivity contribution is 7.89. The van der Waals surface area contributed by atoms with Crippen LogP contribution in [-0.2, 0) is 19.6 Å². The van der Waals surface area contributed by atoms with Gasteiger partial charge in [-0.25, -0.2) is 17.9 Å². The number of methoxy groups -OCH3 is 1. The maximum atomic E-state index is 13.8. The number of hydrogen-bond acceptors (Lipinski definition) is 4. The molecule has 0 saturated carbocycles. The smallest absolute Gasteiger partial charge is 0.256 e. The zero-order valence-electron chi connectivity index (χ0n) is 11.4. The van der Waals surface area contributed by atoms with Gasteiger partial charge in [-0.3, -0.25) is 4.79 Å². The number of carbonyl (C=O) groups is 1. The third kappa shape index (κ3) is 3.53. The summed E-state index contributed by atoms with van der Waals surface area (Å²) < 4.78 is 41.0. The van der Waals surface area contributed by atoms with Crippen molar-refractivity contribution in [2.45, 2.75) is 30.8 Å². The molecule has 20 heavy (non-hydrogen) atoms. The van der Waals surface area contributed by atoms with Gasteiger partial charge in [0.05, 0.1) is 10.6 Å². The molecule has 112 valence electrons. The molecule has 1 unspecified atom stereocenters. The lowest BCUT2D eigenvalue weighted by Gasteiger charge is -2.25. The molecule has 0 bridgehead atoms. The van der Waals surface area contributed by atoms with Gasteiger partial charge in [0.15, 0.2) is 0 Å². The molecule has 3 N–H and O–H groups in total. The Bertz CT molecular complexity index is 612. The molecule has 0 aliphatic carbocycles. The summed E-state index contributed by atoms with van der Waals surface area (Å²) in [5.41, 5.74) is -1.23. The minimum Gasteiger partial charge on any atom is -0.369 e. The summed E-state index contributed by atoms with van der Waals surface area (Å²) in [6, 6.07) is 3.00. The van der Waals surface area contributed by atoms with Crippen molar-refractivity contribution >= 4 is 21.6 Å². The van der Waals surface area contributed by atoms with Crippen molar-refractivity contribution in [2.24, 2.45) is 5.14 Å². The average molecular weight is 304 g/mol. The lowest BCUT2D eigenvalue weighted by Crippen LogP contribution is -2.41. The topological polar surface area (TPSA) is 98.5 Å². The van der Waals surface area contributed by atoms with Crippen molar-refractivity contribution in [3.63, 3.8) is 0 Å². The summed E-state index contributed by atoms with van der Waals surface area (Å²) >= 11 is 0. The van der Waals surface area contributed by atoms with Gasteiger partial charge in [-0.05, 0) is 31.5 Å². The summed E-state index contributed by atoms with van der Waals surface area (Å²) in [5.74, 6) is -1.41. The lowest BCUT2D eigenvalue weighted by molar-refractivity contribution is -0.136. The molecule has 1 rings (SSSR count). The number of carbonyl (C=O) groups excluding carboxylic acids is 1. The quantitative estimate of drug-likeness (QED) is 0.854. The molecule has 1 aromatic rings. The second-order valence-electron chi connectivity index (χ2n) is 4.43. The highest BCUT2D eigenvalue weighted by Crippen LogP contribution is 2.21. The molecule has 0 aliphatic rings. The van der Waals surface area contributed by atoms with Crippen LogP contribution in [0.15, 0.2) is 23.1 Å². The van der Waals surface area contributed by atoms with Crippen molar-refractivity contribution in [2.75, 3.05) is 12.4 Å². The van der Waals surface area contributed by atoms with Crippen LogP contribution in [0.1, 0.15) is 20.3 Å². The van der Waals surface area contributed by atoms with Gasteiger partial charge >= 0.3 is 0 Å². The Kier molecular flexibility index (Phi) is 4.85. The summed E-state index contributed by atoms with van der Waals surface area (Å²) in [6.07, 6.45) is 0.395. The summed E-state index contributed by atoms with van der Waals surface area (Å²) in [6.45, 7) is 3.32. The molecule has 0 aromatic heterocycles. The van der Waals surface area contributed by atoms with Crippen LogP contribution >= 0.6 is 0 Å². The molecule has 0 fully saturated rings. The number of ether oxygens (including phenoxy) is 1. The Balaban J connectivity index is 3.04. The van der Waals surface area contributed by atoms with Gasteiger partial charge in [0.1, 0.15) is 11.4 Å². The fourth-order valence-electron chi connectivity index (χ4n) is 1.43. The maximum absolute atomic E-state index is 13.8. The standard InChI is InChI=1S/C12H17FN2O4S/c1-4-12(2,19-3)11(16)15-10-6-5-8(7-9(10)13)20(14,17)18/h5-7H,4H2,1-3H3,(H,15,16)(H2,14,17,18). The first-order valence-electron chi connectivity index (χ1n) is 5.83. The van der Waals surface area contributed by atoms with Gasteiger partial charge < -0.3 is 10.1 Å². The van der Waals surface area contributed by atoms with Crippen LogP contribution < -0.4 is 10.5 Å². The second kappa shape index (κ2) is 5.86. The first kappa shape index (κ1) is 16.5. The number of halogens is 1. The maximum Gasteiger partial charge on any atom is 0.256 e. The molecule has 8 heteroatoms. The fraction of sp³-hybridized carbons (Fsp3) is 0.417. The number of primary sulfonamides is 1. The molecular formula is C12H17FN2O4S. The van der Waals surface area contributed by atoms with E-state index in [0.717, 1.165) is 18.2 Å². The summed E-state index contributed by atoms with van der Waals surface area (Å²) in [7, 11) is -2.61. The van der Waals surface area contributed by atoms with Gasteiger partial charge in [-0.1, -0.05) is 6.92 Å². The fourth-order valence-corrected chi connectivity index (χ4v) is 1.95. The molecule has 1 atom stereocenters. The SMILES string of the molecule is CCC(C)(OC)C(=O)Nc1ccc(S(N)(=O)=O)cc1F. The number of anilines is 1. The van der Waals surface area contributed by atoms with Crippen molar-refractivity contribution < 1.29 is 22.3 Å². The first-order valence-corrected chi connectivity index (χ1v) is 7.37. The van der Waals surface area contributed by atoms with E-state index in [1.54, 1.807) is 13.8 Å². The van der Waals surface area contributed by atoms with Gasteiger partial charge in [0.2, 0.25) is 10.0 Å². The Morgan fingerprint density at radius 2 is 2.10 bits per heavy atom. The molecular weight excluding hydrogens is 287 g/mol. The zero-order chi connectivity index (χ0) is 15.6. The van der Waals surface area contributed by atoms with Gasteiger partial charge in [0.25, 0.3) is 5.91 Å². The van der Waals surface area contributed by atoms with Crippen molar-refractivity contribution in [3.05, 3.63) is 24.0 Å². The first-order chi connectivity index (χ1) is 9.14. The van der Waals surface area contributed by atoms with E-state index in [2.05, 4.69) is 5.32 Å². The molecule has 0 spiro atoms. The van der Waals surface area contributed by atoms with Crippen molar-refractivity contribution in [1.29, 1.82) is 0 Å². The number of amides is 1. The van der Waals surface area contributed by atoms with Crippen LogP contribution in [0.2, 0.25) is 0 Å². The number of hydrogen-bond donors (Lipinski definition) is 2. The van der Waals surface area contributed by atoms with E-state index in [0.29, 0.717) is 6.42 Å². The van der Waals surface area contributed by atoms with Crippen LogP contribution in [0.4, 0.5) is 10.1 Å². The van der Waals surface area contributed by atoms with Crippen LogP contribution in [-0.4, -0.2) is 27.0 Å². The summed E-state index contributed by atoms with van der Waals surface area (Å²) in [4.78, 5) is 11.6. The zero-order valence-corrected chi connectivity index (χ0v) is 12.3.